The molecule has 0 amide bonds. The fourth-order valence-electron chi connectivity index (χ4n) is 2.51. The predicted molar refractivity (Wildman–Crippen MR) is 108 cm³/mol. The van der Waals surface area contributed by atoms with Crippen LogP contribution in [0.25, 0.3) is 11.3 Å². The highest BCUT2D eigenvalue weighted by Gasteiger charge is 2.20. The third-order valence-electron chi connectivity index (χ3n) is 4.02. The summed E-state index contributed by atoms with van der Waals surface area (Å²) in [7, 11) is 1.19. The minimum Gasteiger partial charge on any atom is -0.497 e. The van der Waals surface area contributed by atoms with E-state index in [0.717, 1.165) is 21.9 Å². The number of ether oxygens (including phenoxy) is 1. The minimum atomic E-state index is -3.64. The lowest BCUT2D eigenvalue weighted by Crippen LogP contribution is -2.19. The summed E-state index contributed by atoms with van der Waals surface area (Å²) in [4.78, 5) is 5.43. The van der Waals surface area contributed by atoms with Crippen molar-refractivity contribution in [2.45, 2.75) is 4.90 Å². The Kier molecular flexibility index (Phi) is 5.71. The van der Waals surface area contributed by atoms with Gasteiger partial charge in [0.25, 0.3) is 0 Å². The van der Waals surface area contributed by atoms with Crippen molar-refractivity contribution >= 4 is 38.6 Å². The summed E-state index contributed by atoms with van der Waals surface area (Å²) in [5, 5.41) is 2.08. The molecule has 6 nitrogen and oxygen atoms in total. The molecule has 0 saturated heterocycles. The lowest BCUT2D eigenvalue weighted by Gasteiger charge is -2.10. The third kappa shape index (κ3) is 3.93. The van der Waals surface area contributed by atoms with Crippen LogP contribution in [0.1, 0.15) is 0 Å². The highest BCUT2D eigenvalue weighted by molar-refractivity contribution is 7.89. The molecule has 9 heteroatoms. The van der Waals surface area contributed by atoms with E-state index in [1.807, 2.05) is 41.3 Å². The molecule has 1 N–H and O–H groups in total. The number of sulfonamides is 1. The number of nitrogens with one attached hydrogen (secondary N) is 1. The van der Waals surface area contributed by atoms with Crippen molar-refractivity contribution in [1.82, 2.24) is 9.29 Å². The fourth-order valence-corrected chi connectivity index (χ4v) is 4.78. The second kappa shape index (κ2) is 7.85. The average Bonchev–Trinajstić information content (AvgIpc) is 3.02. The van der Waals surface area contributed by atoms with Crippen molar-refractivity contribution in [2.24, 2.45) is 12.0 Å². The molecule has 2 aromatic carbocycles. The number of methoxy groups -OCH3 is 1. The monoisotopic (exact) mass is 423 g/mol. The first-order valence-electron chi connectivity index (χ1n) is 7.93. The number of benzene rings is 2. The van der Waals surface area contributed by atoms with Crippen molar-refractivity contribution in [1.29, 1.82) is 0 Å². The summed E-state index contributed by atoms with van der Waals surface area (Å²) in [5.74, 6) is 0.763. The van der Waals surface area contributed by atoms with Gasteiger partial charge in [-0.05, 0) is 37.4 Å². The Balaban J connectivity index is 2.08. The molecule has 3 aromatic rings. The first kappa shape index (κ1) is 19.6. The van der Waals surface area contributed by atoms with Gasteiger partial charge >= 0.3 is 0 Å². The molecule has 3 rings (SSSR count). The SMILES string of the molecule is CNS(=O)(=O)c1cccc(-c2csc(=Nc3ccc(OC)cc3)n2C)c1Cl. The Hall–Kier alpha value is -2.13. The van der Waals surface area contributed by atoms with E-state index in [-0.39, 0.29) is 9.92 Å². The number of hydrogen-bond donors (Lipinski definition) is 1. The summed E-state index contributed by atoms with van der Waals surface area (Å²) in [6.45, 7) is 0. The molecule has 1 aromatic heterocycles. The Morgan fingerprint density at radius 1 is 1.19 bits per heavy atom. The lowest BCUT2D eigenvalue weighted by atomic mass is 10.2. The van der Waals surface area contributed by atoms with Gasteiger partial charge in [0.15, 0.2) is 4.80 Å². The average molecular weight is 424 g/mol. The molecule has 0 saturated carbocycles. The first-order valence-corrected chi connectivity index (χ1v) is 10.7. The van der Waals surface area contributed by atoms with Crippen LogP contribution in [0.3, 0.4) is 0 Å². The van der Waals surface area contributed by atoms with Gasteiger partial charge in [0.2, 0.25) is 10.0 Å². The van der Waals surface area contributed by atoms with E-state index in [0.29, 0.717) is 5.56 Å². The van der Waals surface area contributed by atoms with Crippen molar-refractivity contribution in [3.8, 4) is 17.0 Å². The van der Waals surface area contributed by atoms with Crippen LogP contribution in [-0.2, 0) is 17.1 Å². The quantitative estimate of drug-likeness (QED) is 0.682. The maximum Gasteiger partial charge on any atom is 0.241 e. The molecule has 27 heavy (non-hydrogen) atoms. The third-order valence-corrected chi connectivity index (χ3v) is 6.91. The fraction of sp³-hybridized carbons (Fsp3) is 0.167. The van der Waals surface area contributed by atoms with E-state index >= 15 is 0 Å². The van der Waals surface area contributed by atoms with Crippen LogP contribution in [0, 0.1) is 0 Å². The van der Waals surface area contributed by atoms with Gasteiger partial charge in [0.05, 0.1) is 23.5 Å². The molecule has 0 atom stereocenters. The number of halogens is 1. The number of nitrogens with zero attached hydrogens (tertiary/aromatic N) is 2. The summed E-state index contributed by atoms with van der Waals surface area (Å²) < 4.78 is 33.6. The zero-order valence-electron chi connectivity index (χ0n) is 14.9. The van der Waals surface area contributed by atoms with Crippen LogP contribution >= 0.6 is 22.9 Å². The highest BCUT2D eigenvalue weighted by atomic mass is 35.5. The Bertz CT molecular complexity index is 1130. The van der Waals surface area contributed by atoms with Crippen LogP contribution in [0.2, 0.25) is 5.02 Å². The molecule has 0 aliphatic rings. The van der Waals surface area contributed by atoms with Gasteiger partial charge in [0.1, 0.15) is 10.6 Å². The molecule has 0 radical (unpaired) electrons. The van der Waals surface area contributed by atoms with Gasteiger partial charge in [-0.1, -0.05) is 23.7 Å². The Labute approximate surface area is 166 Å². The molecule has 1 heterocycles. The van der Waals surface area contributed by atoms with Crippen LogP contribution < -0.4 is 14.3 Å². The zero-order valence-corrected chi connectivity index (χ0v) is 17.3. The van der Waals surface area contributed by atoms with Gasteiger partial charge in [-0.3, -0.25) is 0 Å². The van der Waals surface area contributed by atoms with Crippen molar-refractivity contribution in [2.75, 3.05) is 14.2 Å². The van der Waals surface area contributed by atoms with Gasteiger partial charge in [-0.25, -0.2) is 18.1 Å². The zero-order chi connectivity index (χ0) is 19.6. The molecular weight excluding hydrogens is 406 g/mol. The lowest BCUT2D eigenvalue weighted by molar-refractivity contribution is 0.415. The van der Waals surface area contributed by atoms with E-state index < -0.39 is 10.0 Å². The normalized spacial score (nSPS) is 12.4. The first-order chi connectivity index (χ1) is 12.9. The molecule has 0 aliphatic heterocycles. The summed E-state index contributed by atoms with van der Waals surface area (Å²) in [5.41, 5.74) is 2.20. The smallest absolute Gasteiger partial charge is 0.241 e. The standard InChI is InChI=1S/C18H18ClN3O3S2/c1-20-27(23,24)16-6-4-5-14(17(16)19)15-11-26-18(22(15)2)21-12-7-9-13(25-3)10-8-12/h4-11,20H,1-3H3. The van der Waals surface area contributed by atoms with Gasteiger partial charge in [-0.2, -0.15) is 0 Å². The second-order valence-corrected chi connectivity index (χ2v) is 8.67. The van der Waals surface area contributed by atoms with E-state index in [1.54, 1.807) is 19.2 Å². The Morgan fingerprint density at radius 2 is 1.89 bits per heavy atom. The maximum absolute atomic E-state index is 12.2. The van der Waals surface area contributed by atoms with Gasteiger partial charge < -0.3 is 9.30 Å². The minimum absolute atomic E-state index is 0.0454. The molecule has 0 bridgehead atoms. The number of thiazole rings is 1. The molecule has 142 valence electrons. The largest absolute Gasteiger partial charge is 0.497 e. The van der Waals surface area contributed by atoms with Crippen LogP contribution in [0.4, 0.5) is 5.69 Å². The highest BCUT2D eigenvalue weighted by Crippen LogP contribution is 2.33. The number of hydrogen-bond acceptors (Lipinski definition) is 5. The second-order valence-electron chi connectivity index (χ2n) is 5.60. The number of aromatic nitrogens is 1. The van der Waals surface area contributed by atoms with Crippen molar-refractivity contribution < 1.29 is 13.2 Å². The molecule has 0 aliphatic carbocycles. The van der Waals surface area contributed by atoms with Crippen LogP contribution in [0.5, 0.6) is 5.75 Å². The molecule has 0 unspecified atom stereocenters. The van der Waals surface area contributed by atoms with Gasteiger partial charge in [0, 0.05) is 18.0 Å². The van der Waals surface area contributed by atoms with Crippen LogP contribution in [-0.4, -0.2) is 27.1 Å². The topological polar surface area (TPSA) is 72.7 Å². The van der Waals surface area contributed by atoms with Crippen molar-refractivity contribution in [3.05, 3.63) is 57.7 Å². The Morgan fingerprint density at radius 3 is 2.52 bits per heavy atom. The summed E-state index contributed by atoms with van der Waals surface area (Å²) in [6.07, 6.45) is 0. The van der Waals surface area contributed by atoms with Crippen LogP contribution in [0.15, 0.2) is 57.7 Å². The number of rotatable bonds is 5. The van der Waals surface area contributed by atoms with E-state index in [1.165, 1.54) is 24.5 Å². The maximum atomic E-state index is 12.2. The molecular formula is C18H18ClN3O3S2. The van der Waals surface area contributed by atoms with E-state index in [2.05, 4.69) is 9.71 Å². The summed E-state index contributed by atoms with van der Waals surface area (Å²) in [6, 6.07) is 12.4. The van der Waals surface area contributed by atoms with Crippen molar-refractivity contribution in [3.63, 3.8) is 0 Å². The predicted octanol–water partition coefficient (Wildman–Crippen LogP) is 3.56. The molecule has 0 fully saturated rings. The molecule has 0 spiro atoms. The van der Waals surface area contributed by atoms with Gasteiger partial charge in [-0.15, -0.1) is 11.3 Å². The van der Waals surface area contributed by atoms with E-state index in [9.17, 15) is 8.42 Å². The summed E-state index contributed by atoms with van der Waals surface area (Å²) >= 11 is 7.85. The van der Waals surface area contributed by atoms with E-state index in [4.69, 9.17) is 16.3 Å².